The Hall–Kier alpha value is -1.45. The molecule has 0 aromatic heterocycles. The molecule has 1 aliphatic heterocycles. The van der Waals surface area contributed by atoms with Gasteiger partial charge in [0, 0.05) is 29.1 Å². The van der Waals surface area contributed by atoms with Crippen LogP contribution in [-0.2, 0) is 11.8 Å². The average Bonchev–Trinajstić information content (AvgIpc) is 3.21. The van der Waals surface area contributed by atoms with Crippen molar-refractivity contribution in [1.29, 1.82) is 0 Å². The largest absolute Gasteiger partial charge is 0.326 e. The molecule has 1 aliphatic carbocycles. The third-order valence-corrected chi connectivity index (χ3v) is 7.41. The highest BCUT2D eigenvalue weighted by Crippen LogP contribution is 2.68. The predicted octanol–water partition coefficient (Wildman–Crippen LogP) is 5.79. The molecule has 2 atom stereocenters. The minimum absolute atomic E-state index is 0.405. The van der Waals surface area contributed by atoms with Crippen molar-refractivity contribution in [2.45, 2.75) is 56.3 Å². The quantitative estimate of drug-likeness (QED) is 0.578. The van der Waals surface area contributed by atoms with Crippen LogP contribution in [0, 0.1) is 5.41 Å². The fourth-order valence-corrected chi connectivity index (χ4v) is 5.35. The lowest BCUT2D eigenvalue weighted by Crippen LogP contribution is -2.19. The number of benzene rings is 2. The van der Waals surface area contributed by atoms with Crippen LogP contribution in [0.4, 0.5) is 5.69 Å². The Morgan fingerprint density at radius 1 is 1.00 bits per heavy atom. The van der Waals surface area contributed by atoms with Crippen LogP contribution in [0.25, 0.3) is 0 Å². The number of unbranched alkanes of at least 4 members (excludes halogenated alkanes) is 1. The molecule has 0 bridgehead atoms. The van der Waals surface area contributed by atoms with Gasteiger partial charge in [-0.2, -0.15) is 0 Å². The van der Waals surface area contributed by atoms with E-state index in [1.165, 1.54) is 60.4 Å². The lowest BCUT2D eigenvalue weighted by Gasteiger charge is -2.17. The summed E-state index contributed by atoms with van der Waals surface area (Å²) in [5, 5.41) is 3.61. The van der Waals surface area contributed by atoms with E-state index < -0.39 is 0 Å². The zero-order valence-corrected chi connectivity index (χ0v) is 16.8. The Bertz CT molecular complexity index is 740. The third-order valence-electron chi connectivity index (χ3n) is 6.56. The molecule has 2 aromatic rings. The summed E-state index contributed by atoms with van der Waals surface area (Å²) in [6.07, 6.45) is 6.35. The number of hydrogen-bond donors (Lipinski definition) is 2. The molecule has 1 saturated heterocycles. The molecule has 138 valence electrons. The first-order chi connectivity index (χ1) is 12.7. The van der Waals surface area contributed by atoms with Gasteiger partial charge in [0.05, 0.1) is 0 Å². The molecule has 3 heteroatoms. The number of piperidine rings is 1. The average molecular weight is 367 g/mol. The van der Waals surface area contributed by atoms with E-state index in [1.54, 1.807) is 11.9 Å². The van der Waals surface area contributed by atoms with Gasteiger partial charge in [-0.15, -0.1) is 0 Å². The highest BCUT2D eigenvalue weighted by molar-refractivity contribution is 8.00. The summed E-state index contributed by atoms with van der Waals surface area (Å²) < 4.78 is 3.49. The molecular formula is C23H30N2S. The molecule has 0 amide bonds. The van der Waals surface area contributed by atoms with Gasteiger partial charge in [-0.1, -0.05) is 44.5 Å². The Morgan fingerprint density at radius 3 is 2.42 bits per heavy atom. The second kappa shape index (κ2) is 7.28. The molecule has 2 nitrogen and oxygen atoms in total. The Labute approximate surface area is 162 Å². The zero-order chi connectivity index (χ0) is 18.0. The van der Waals surface area contributed by atoms with Crippen LogP contribution in [0.5, 0.6) is 0 Å². The fraction of sp³-hybridized carbons (Fsp3) is 0.478. The van der Waals surface area contributed by atoms with Crippen LogP contribution < -0.4 is 10.0 Å². The molecule has 26 heavy (non-hydrogen) atoms. The van der Waals surface area contributed by atoms with E-state index in [4.69, 9.17) is 0 Å². The second-order valence-corrected chi connectivity index (χ2v) is 8.90. The summed E-state index contributed by atoms with van der Waals surface area (Å²) in [5.74, 6) is 0. The van der Waals surface area contributed by atoms with Crippen molar-refractivity contribution in [3.63, 3.8) is 0 Å². The molecule has 2 fully saturated rings. The minimum atomic E-state index is 0.405. The van der Waals surface area contributed by atoms with Gasteiger partial charge in [0.25, 0.3) is 0 Å². The number of rotatable bonds is 8. The highest BCUT2D eigenvalue weighted by Gasteiger charge is 2.69. The summed E-state index contributed by atoms with van der Waals surface area (Å²) in [6.45, 7) is 6.92. The number of aryl methyl sites for hydroxylation is 1. The summed E-state index contributed by atoms with van der Waals surface area (Å²) in [6, 6.07) is 18.1. The Balaban J connectivity index is 1.35. The van der Waals surface area contributed by atoms with E-state index >= 15 is 0 Å². The van der Waals surface area contributed by atoms with Gasteiger partial charge in [-0.05, 0) is 78.4 Å². The maximum atomic E-state index is 3.61. The van der Waals surface area contributed by atoms with Gasteiger partial charge in [0.15, 0.2) is 0 Å². The van der Waals surface area contributed by atoms with Crippen molar-refractivity contribution < 1.29 is 0 Å². The van der Waals surface area contributed by atoms with E-state index in [0.717, 1.165) is 6.54 Å². The van der Waals surface area contributed by atoms with Gasteiger partial charge in [0.1, 0.15) is 0 Å². The van der Waals surface area contributed by atoms with Gasteiger partial charge in [-0.25, -0.2) is 0 Å². The minimum Gasteiger partial charge on any atom is -0.326 e. The van der Waals surface area contributed by atoms with E-state index in [9.17, 15) is 0 Å². The Morgan fingerprint density at radius 2 is 1.77 bits per heavy atom. The molecule has 2 aliphatic rings. The molecule has 2 aromatic carbocycles. The van der Waals surface area contributed by atoms with Crippen molar-refractivity contribution in [1.82, 2.24) is 5.32 Å². The van der Waals surface area contributed by atoms with Crippen molar-refractivity contribution in [3.05, 3.63) is 59.7 Å². The number of hydrogen-bond acceptors (Lipinski definition) is 3. The monoisotopic (exact) mass is 366 g/mol. The number of nitrogens with one attached hydrogen (secondary N) is 2. The molecular weight excluding hydrogens is 336 g/mol. The van der Waals surface area contributed by atoms with Gasteiger partial charge >= 0.3 is 0 Å². The maximum absolute atomic E-state index is 3.61. The standard InChI is InChI=1S/C23H30N2S/c1-3-5-6-18-7-13-21(14-8-18)26-25-20-11-9-19(10-12-20)23-15-22(23,4-2)16-24-17-23/h7-14,24-25H,3-6,15-17H2,1-2H3/t22-,23+/m1/s1. The first-order valence-corrected chi connectivity index (χ1v) is 10.9. The molecule has 0 unspecified atom stereocenters. The molecule has 4 rings (SSSR count). The van der Waals surface area contributed by atoms with Crippen LogP contribution in [0.1, 0.15) is 50.7 Å². The van der Waals surface area contributed by atoms with Gasteiger partial charge < -0.3 is 10.0 Å². The first-order valence-electron chi connectivity index (χ1n) is 10.0. The van der Waals surface area contributed by atoms with E-state index in [1.807, 2.05) is 0 Å². The summed E-state index contributed by atoms with van der Waals surface area (Å²) in [7, 11) is 0. The van der Waals surface area contributed by atoms with Crippen LogP contribution >= 0.6 is 11.9 Å². The molecule has 1 heterocycles. The Kier molecular flexibility index (Phi) is 5.02. The molecule has 0 radical (unpaired) electrons. The van der Waals surface area contributed by atoms with E-state index in [0.29, 0.717) is 10.8 Å². The highest BCUT2D eigenvalue weighted by atomic mass is 32.2. The predicted molar refractivity (Wildman–Crippen MR) is 113 cm³/mol. The van der Waals surface area contributed by atoms with Gasteiger partial charge in [-0.3, -0.25) is 0 Å². The fourth-order valence-electron chi connectivity index (χ4n) is 4.71. The van der Waals surface area contributed by atoms with Crippen molar-refractivity contribution >= 4 is 17.6 Å². The normalized spacial score (nSPS) is 26.5. The lowest BCUT2D eigenvalue weighted by molar-refractivity contribution is 0.477. The van der Waals surface area contributed by atoms with Gasteiger partial charge in [0.2, 0.25) is 0 Å². The number of fused-ring (bicyclic) bond motifs is 1. The second-order valence-electron chi connectivity index (χ2n) is 8.03. The summed E-state index contributed by atoms with van der Waals surface area (Å²) >= 11 is 1.70. The van der Waals surface area contributed by atoms with Crippen molar-refractivity contribution in [2.75, 3.05) is 17.8 Å². The lowest BCUT2D eigenvalue weighted by atomic mass is 9.87. The van der Waals surface area contributed by atoms with Crippen LogP contribution in [-0.4, -0.2) is 13.1 Å². The summed E-state index contributed by atoms with van der Waals surface area (Å²) in [5.41, 5.74) is 5.06. The van der Waals surface area contributed by atoms with Crippen LogP contribution in [0.2, 0.25) is 0 Å². The number of anilines is 1. The molecule has 1 saturated carbocycles. The summed E-state index contributed by atoms with van der Waals surface area (Å²) in [4.78, 5) is 1.26. The SMILES string of the molecule is CCCCc1ccc(SNc2ccc([C@]34CNC[C@@]3(CC)C4)cc2)cc1. The van der Waals surface area contributed by atoms with E-state index in [2.05, 4.69) is 72.4 Å². The van der Waals surface area contributed by atoms with E-state index in [-0.39, 0.29) is 0 Å². The zero-order valence-electron chi connectivity index (χ0n) is 16.0. The smallest absolute Gasteiger partial charge is 0.0443 e. The third kappa shape index (κ3) is 3.16. The van der Waals surface area contributed by atoms with Crippen molar-refractivity contribution in [3.8, 4) is 0 Å². The first kappa shape index (κ1) is 17.9. The molecule has 2 N–H and O–H groups in total. The topological polar surface area (TPSA) is 24.1 Å². The van der Waals surface area contributed by atoms with Crippen LogP contribution in [0.3, 0.4) is 0 Å². The van der Waals surface area contributed by atoms with Crippen LogP contribution in [0.15, 0.2) is 53.4 Å². The molecule has 0 spiro atoms. The maximum Gasteiger partial charge on any atom is 0.0443 e. The van der Waals surface area contributed by atoms with Crippen molar-refractivity contribution in [2.24, 2.45) is 5.41 Å².